The number of fused-ring (bicyclic) bond motifs is 1. The van der Waals surface area contributed by atoms with Crippen LogP contribution in [0.25, 0.3) is 10.9 Å². The standard InChI is InChI=1S/C19H26N4O4.CH4O3S/c1-3-27-19(26)15(22-18(25)17(21)14(20)8-9-24)10-12-11-23(2)16-7-5-4-6-13(12)16;1-5(2,3)4/h4-7,9,11,14-15,17H,3,8,10,20-21H2,1-2H3,(H,22,25);1H3,(H,2,3,4)/t14?,15-,17?;/m1./s1. The maximum absolute atomic E-state index is 12.4. The van der Waals surface area contributed by atoms with Gasteiger partial charge >= 0.3 is 5.97 Å². The Hall–Kier alpha value is -2.80. The van der Waals surface area contributed by atoms with Crippen molar-refractivity contribution in [2.24, 2.45) is 18.5 Å². The third kappa shape index (κ3) is 8.75. The second-order valence-electron chi connectivity index (χ2n) is 7.12. The second kappa shape index (κ2) is 12.3. The van der Waals surface area contributed by atoms with Gasteiger partial charge in [-0.2, -0.15) is 8.42 Å². The van der Waals surface area contributed by atoms with Crippen LogP contribution in [0.2, 0.25) is 0 Å². The number of esters is 1. The molecule has 3 atom stereocenters. The number of aryl methyl sites for hydroxylation is 1. The van der Waals surface area contributed by atoms with Crippen LogP contribution in [0.4, 0.5) is 0 Å². The summed E-state index contributed by atoms with van der Waals surface area (Å²) >= 11 is 0. The van der Waals surface area contributed by atoms with E-state index in [1.54, 1.807) is 6.92 Å². The van der Waals surface area contributed by atoms with Gasteiger partial charge in [0.05, 0.1) is 18.9 Å². The Morgan fingerprint density at radius 2 is 1.88 bits per heavy atom. The topological polar surface area (TPSA) is 184 Å². The number of para-hydroxylation sites is 1. The zero-order valence-corrected chi connectivity index (χ0v) is 19.0. The van der Waals surface area contributed by atoms with Gasteiger partial charge in [-0.05, 0) is 18.6 Å². The number of carbonyl (C=O) groups is 3. The van der Waals surface area contributed by atoms with Crippen LogP contribution in [-0.4, -0.2) is 66.7 Å². The van der Waals surface area contributed by atoms with Gasteiger partial charge in [-0.1, -0.05) is 18.2 Å². The number of aldehydes is 1. The molecule has 11 nitrogen and oxygen atoms in total. The fraction of sp³-hybridized carbons (Fsp3) is 0.450. The summed E-state index contributed by atoms with van der Waals surface area (Å²) in [7, 11) is -1.75. The summed E-state index contributed by atoms with van der Waals surface area (Å²) in [6.45, 7) is 1.89. The molecule has 0 aliphatic heterocycles. The van der Waals surface area contributed by atoms with Gasteiger partial charge in [0.1, 0.15) is 12.3 Å². The van der Waals surface area contributed by atoms with E-state index in [9.17, 15) is 22.8 Å². The van der Waals surface area contributed by atoms with Crippen molar-refractivity contribution in [3.63, 3.8) is 0 Å². The fourth-order valence-corrected chi connectivity index (χ4v) is 2.96. The molecule has 178 valence electrons. The molecule has 32 heavy (non-hydrogen) atoms. The van der Waals surface area contributed by atoms with E-state index in [0.29, 0.717) is 12.5 Å². The molecule has 0 aliphatic carbocycles. The van der Waals surface area contributed by atoms with Gasteiger partial charge < -0.3 is 30.9 Å². The lowest BCUT2D eigenvalue weighted by Gasteiger charge is -2.22. The van der Waals surface area contributed by atoms with Gasteiger partial charge in [0.25, 0.3) is 10.1 Å². The molecule has 0 saturated carbocycles. The summed E-state index contributed by atoms with van der Waals surface area (Å²) in [4.78, 5) is 35.3. The molecule has 0 spiro atoms. The summed E-state index contributed by atoms with van der Waals surface area (Å²) < 4.78 is 32.9. The van der Waals surface area contributed by atoms with E-state index in [0.717, 1.165) is 16.5 Å². The van der Waals surface area contributed by atoms with Crippen LogP contribution in [0.15, 0.2) is 30.5 Å². The van der Waals surface area contributed by atoms with E-state index < -0.39 is 40.1 Å². The number of nitrogens with two attached hydrogens (primary N) is 2. The first-order valence-electron chi connectivity index (χ1n) is 9.76. The summed E-state index contributed by atoms with van der Waals surface area (Å²) in [5.41, 5.74) is 13.5. The van der Waals surface area contributed by atoms with Gasteiger partial charge in [-0.25, -0.2) is 4.79 Å². The van der Waals surface area contributed by atoms with E-state index in [4.69, 9.17) is 20.8 Å². The molecule has 6 N–H and O–H groups in total. The molecular formula is C20H30N4O7S. The first-order chi connectivity index (χ1) is 14.9. The highest BCUT2D eigenvalue weighted by atomic mass is 32.2. The van der Waals surface area contributed by atoms with Crippen molar-refractivity contribution in [2.75, 3.05) is 12.9 Å². The van der Waals surface area contributed by atoms with Gasteiger partial charge in [0.15, 0.2) is 0 Å². The predicted molar refractivity (Wildman–Crippen MR) is 119 cm³/mol. The number of nitrogens with zero attached hydrogens (tertiary/aromatic N) is 1. The van der Waals surface area contributed by atoms with Gasteiger partial charge in [-0.15, -0.1) is 0 Å². The van der Waals surface area contributed by atoms with Gasteiger partial charge in [0.2, 0.25) is 5.91 Å². The number of carbonyl (C=O) groups excluding carboxylic acids is 3. The largest absolute Gasteiger partial charge is 0.464 e. The Bertz CT molecular complexity index is 1030. The molecule has 1 aromatic carbocycles. The normalized spacial score (nSPS) is 13.9. The van der Waals surface area contributed by atoms with E-state index in [-0.39, 0.29) is 19.4 Å². The molecule has 2 aromatic rings. The quantitative estimate of drug-likeness (QED) is 0.213. The molecule has 0 radical (unpaired) electrons. The molecule has 0 bridgehead atoms. The van der Waals surface area contributed by atoms with Crippen LogP contribution in [0.3, 0.4) is 0 Å². The molecule has 0 saturated heterocycles. The minimum atomic E-state index is -3.67. The smallest absolute Gasteiger partial charge is 0.328 e. The minimum Gasteiger partial charge on any atom is -0.464 e. The molecule has 1 heterocycles. The van der Waals surface area contributed by atoms with Crippen LogP contribution in [0, 0.1) is 0 Å². The number of amides is 1. The van der Waals surface area contributed by atoms with Crippen molar-refractivity contribution < 1.29 is 32.1 Å². The van der Waals surface area contributed by atoms with Crippen molar-refractivity contribution in [1.82, 2.24) is 9.88 Å². The minimum absolute atomic E-state index is 0.0397. The van der Waals surface area contributed by atoms with Crippen LogP contribution in [0.1, 0.15) is 18.9 Å². The van der Waals surface area contributed by atoms with Crippen molar-refractivity contribution in [3.8, 4) is 0 Å². The molecule has 2 rings (SSSR count). The lowest BCUT2D eigenvalue weighted by molar-refractivity contribution is -0.147. The predicted octanol–water partition coefficient (Wildman–Crippen LogP) is -0.484. The molecule has 2 unspecified atom stereocenters. The first-order valence-corrected chi connectivity index (χ1v) is 11.6. The second-order valence-corrected chi connectivity index (χ2v) is 8.59. The Labute approximate surface area is 186 Å². The SMILES string of the molecule is CCOC(=O)[C@@H](Cc1cn(C)c2ccccc12)NC(=O)C(N)C(N)CC=O.CS(=O)(=O)O. The van der Waals surface area contributed by atoms with Crippen molar-refractivity contribution >= 4 is 39.2 Å². The maximum Gasteiger partial charge on any atom is 0.328 e. The highest BCUT2D eigenvalue weighted by molar-refractivity contribution is 7.85. The molecule has 0 fully saturated rings. The van der Waals surface area contributed by atoms with Crippen LogP contribution in [0.5, 0.6) is 0 Å². The Balaban J connectivity index is 0.000000920. The van der Waals surface area contributed by atoms with E-state index in [1.807, 2.05) is 42.1 Å². The first kappa shape index (κ1) is 27.2. The molecule has 0 aliphatic rings. The lowest BCUT2D eigenvalue weighted by Crippen LogP contribution is -2.56. The number of hydrogen-bond acceptors (Lipinski definition) is 8. The maximum atomic E-state index is 12.4. The lowest BCUT2D eigenvalue weighted by atomic mass is 10.0. The summed E-state index contributed by atoms with van der Waals surface area (Å²) in [5.74, 6) is -1.14. The van der Waals surface area contributed by atoms with Crippen molar-refractivity contribution in [3.05, 3.63) is 36.0 Å². The summed E-state index contributed by atoms with van der Waals surface area (Å²) in [6.07, 6.45) is 3.45. The highest BCUT2D eigenvalue weighted by Gasteiger charge is 2.28. The van der Waals surface area contributed by atoms with Crippen LogP contribution in [-0.2, 0) is 42.7 Å². The Morgan fingerprint density at radius 3 is 2.44 bits per heavy atom. The third-order valence-electron chi connectivity index (χ3n) is 4.42. The highest BCUT2D eigenvalue weighted by Crippen LogP contribution is 2.21. The molecule has 1 amide bonds. The molecule has 12 heteroatoms. The van der Waals surface area contributed by atoms with Crippen molar-refractivity contribution in [2.45, 2.75) is 37.9 Å². The van der Waals surface area contributed by atoms with Crippen LogP contribution >= 0.6 is 0 Å². The number of ether oxygens (including phenoxy) is 1. The molecular weight excluding hydrogens is 440 g/mol. The zero-order chi connectivity index (χ0) is 24.5. The van der Waals surface area contributed by atoms with Gasteiger partial charge in [-0.3, -0.25) is 9.35 Å². The Kier molecular flexibility index (Phi) is 10.5. The fourth-order valence-electron chi connectivity index (χ4n) is 2.96. The van der Waals surface area contributed by atoms with Gasteiger partial charge in [0, 0.05) is 43.0 Å². The zero-order valence-electron chi connectivity index (χ0n) is 18.2. The summed E-state index contributed by atoms with van der Waals surface area (Å²) in [5, 5.41) is 3.61. The van der Waals surface area contributed by atoms with E-state index in [2.05, 4.69) is 5.32 Å². The Morgan fingerprint density at radius 1 is 1.28 bits per heavy atom. The third-order valence-corrected chi connectivity index (χ3v) is 4.42. The summed E-state index contributed by atoms with van der Waals surface area (Å²) in [6, 6.07) is 4.97. The number of hydrogen-bond donors (Lipinski definition) is 4. The number of nitrogens with one attached hydrogen (secondary N) is 1. The average molecular weight is 471 g/mol. The number of aromatic nitrogens is 1. The molecule has 1 aromatic heterocycles. The monoisotopic (exact) mass is 470 g/mol. The van der Waals surface area contributed by atoms with Crippen molar-refractivity contribution in [1.29, 1.82) is 0 Å². The number of benzene rings is 1. The van der Waals surface area contributed by atoms with E-state index >= 15 is 0 Å². The van der Waals surface area contributed by atoms with E-state index in [1.165, 1.54) is 0 Å². The number of rotatable bonds is 9. The average Bonchev–Trinajstić information content (AvgIpc) is 3.01. The van der Waals surface area contributed by atoms with Crippen LogP contribution < -0.4 is 16.8 Å².